The number of carbonyl (C=O) groups is 1. The van der Waals surface area contributed by atoms with Crippen LogP contribution in [-0.2, 0) is 17.6 Å². The lowest BCUT2D eigenvalue weighted by Gasteiger charge is -2.15. The lowest BCUT2D eigenvalue weighted by Crippen LogP contribution is -2.28. The minimum atomic E-state index is 0.0469. The van der Waals surface area contributed by atoms with Gasteiger partial charge in [0.15, 0.2) is 0 Å². The lowest BCUT2D eigenvalue weighted by atomic mass is 10.1. The van der Waals surface area contributed by atoms with E-state index in [9.17, 15) is 4.79 Å². The van der Waals surface area contributed by atoms with Gasteiger partial charge in [0.2, 0.25) is 5.91 Å². The fourth-order valence-electron chi connectivity index (χ4n) is 3.17. The molecule has 0 aliphatic heterocycles. The Labute approximate surface area is 131 Å². The van der Waals surface area contributed by atoms with Crippen LogP contribution in [0, 0.1) is 6.92 Å². The van der Waals surface area contributed by atoms with Crippen LogP contribution in [0.4, 0.5) is 0 Å². The molecule has 1 atom stereocenters. The van der Waals surface area contributed by atoms with Gasteiger partial charge in [-0.05, 0) is 37.0 Å². The molecule has 0 spiro atoms. The van der Waals surface area contributed by atoms with E-state index in [0.717, 1.165) is 29.7 Å². The van der Waals surface area contributed by atoms with Crippen molar-refractivity contribution in [3.8, 4) is 5.75 Å². The Morgan fingerprint density at radius 1 is 1.27 bits per heavy atom. The Bertz CT molecular complexity index is 694. The van der Waals surface area contributed by atoms with Crippen LogP contribution in [-0.4, -0.2) is 13.0 Å². The summed E-state index contributed by atoms with van der Waals surface area (Å²) in [7, 11) is 1.64. The summed E-state index contributed by atoms with van der Waals surface area (Å²) in [5, 5.41) is 3.16. The third-order valence-electron chi connectivity index (χ3n) is 4.25. The van der Waals surface area contributed by atoms with Crippen LogP contribution >= 0.6 is 0 Å². The van der Waals surface area contributed by atoms with Crippen molar-refractivity contribution in [3.63, 3.8) is 0 Å². The third-order valence-corrected chi connectivity index (χ3v) is 4.25. The fraction of sp³-hybridized carbons (Fsp3) is 0.316. The molecule has 22 heavy (non-hydrogen) atoms. The van der Waals surface area contributed by atoms with E-state index in [1.54, 1.807) is 7.11 Å². The molecule has 0 aromatic heterocycles. The van der Waals surface area contributed by atoms with Crippen LogP contribution in [0.5, 0.6) is 5.75 Å². The predicted octanol–water partition coefficient (Wildman–Crippen LogP) is 3.35. The summed E-state index contributed by atoms with van der Waals surface area (Å²) in [6.45, 7) is 2.02. The maximum Gasteiger partial charge on any atom is 0.225 e. The lowest BCUT2D eigenvalue weighted by molar-refractivity contribution is -0.121. The van der Waals surface area contributed by atoms with E-state index < -0.39 is 0 Å². The molecule has 0 saturated carbocycles. The van der Waals surface area contributed by atoms with E-state index in [0.29, 0.717) is 6.42 Å². The van der Waals surface area contributed by atoms with Crippen molar-refractivity contribution in [2.24, 2.45) is 0 Å². The number of benzene rings is 2. The Kier molecular flexibility index (Phi) is 4.14. The van der Waals surface area contributed by atoms with Crippen LogP contribution in [0.3, 0.4) is 0 Å². The summed E-state index contributed by atoms with van der Waals surface area (Å²) >= 11 is 0. The van der Waals surface area contributed by atoms with Crippen LogP contribution in [0.15, 0.2) is 42.5 Å². The molecule has 1 aliphatic carbocycles. The SMILES string of the molecule is COc1ccc(C)cc1CC(=O)N[C@H]1CCc2ccccc21. The number of methoxy groups -OCH3 is 1. The fourth-order valence-corrected chi connectivity index (χ4v) is 3.17. The first-order valence-corrected chi connectivity index (χ1v) is 7.68. The highest BCUT2D eigenvalue weighted by Crippen LogP contribution is 2.31. The highest BCUT2D eigenvalue weighted by Gasteiger charge is 2.23. The molecule has 0 saturated heterocycles. The number of hydrogen-bond acceptors (Lipinski definition) is 2. The van der Waals surface area contributed by atoms with Crippen molar-refractivity contribution in [2.45, 2.75) is 32.2 Å². The van der Waals surface area contributed by atoms with Crippen molar-refractivity contribution in [1.82, 2.24) is 5.32 Å². The van der Waals surface area contributed by atoms with Crippen LogP contribution in [0.1, 0.15) is 34.7 Å². The average molecular weight is 295 g/mol. The zero-order chi connectivity index (χ0) is 15.5. The highest BCUT2D eigenvalue weighted by molar-refractivity contribution is 5.80. The second kappa shape index (κ2) is 6.22. The number of rotatable bonds is 4. The molecule has 2 aromatic rings. The van der Waals surface area contributed by atoms with Crippen molar-refractivity contribution in [2.75, 3.05) is 7.11 Å². The van der Waals surface area contributed by atoms with Gasteiger partial charge in [-0.3, -0.25) is 4.79 Å². The summed E-state index contributed by atoms with van der Waals surface area (Å²) in [5.74, 6) is 0.818. The van der Waals surface area contributed by atoms with Gasteiger partial charge in [0.25, 0.3) is 0 Å². The highest BCUT2D eigenvalue weighted by atomic mass is 16.5. The molecule has 0 radical (unpaired) electrons. The second-order valence-corrected chi connectivity index (χ2v) is 5.85. The standard InChI is InChI=1S/C19H21NO2/c1-13-7-10-18(22-2)15(11-13)12-19(21)20-17-9-8-14-5-3-4-6-16(14)17/h3-7,10-11,17H,8-9,12H2,1-2H3,(H,20,21)/t17-/m0/s1. The molecular formula is C19H21NO2. The maximum absolute atomic E-state index is 12.4. The topological polar surface area (TPSA) is 38.3 Å². The quantitative estimate of drug-likeness (QED) is 0.939. The van der Waals surface area contributed by atoms with Crippen molar-refractivity contribution in [1.29, 1.82) is 0 Å². The van der Waals surface area contributed by atoms with E-state index in [-0.39, 0.29) is 11.9 Å². The molecule has 2 aromatic carbocycles. The molecule has 114 valence electrons. The Morgan fingerprint density at radius 2 is 2.09 bits per heavy atom. The summed E-state index contributed by atoms with van der Waals surface area (Å²) in [6, 6.07) is 14.4. The molecule has 1 N–H and O–H groups in total. The number of nitrogens with one attached hydrogen (secondary N) is 1. The first kappa shape index (κ1) is 14.6. The minimum Gasteiger partial charge on any atom is -0.496 e. The Balaban J connectivity index is 1.70. The second-order valence-electron chi connectivity index (χ2n) is 5.85. The number of aryl methyl sites for hydroxylation is 2. The maximum atomic E-state index is 12.4. The van der Waals surface area contributed by atoms with E-state index in [2.05, 4.69) is 23.5 Å². The molecule has 0 unspecified atom stereocenters. The van der Waals surface area contributed by atoms with Gasteiger partial charge in [-0.2, -0.15) is 0 Å². The summed E-state index contributed by atoms with van der Waals surface area (Å²) in [6.07, 6.45) is 2.37. The normalized spacial score (nSPS) is 16.2. The van der Waals surface area contributed by atoms with Gasteiger partial charge in [0.05, 0.1) is 19.6 Å². The van der Waals surface area contributed by atoms with Gasteiger partial charge in [-0.25, -0.2) is 0 Å². The van der Waals surface area contributed by atoms with Crippen LogP contribution in [0.25, 0.3) is 0 Å². The van der Waals surface area contributed by atoms with Crippen molar-refractivity contribution >= 4 is 5.91 Å². The molecule has 0 heterocycles. The molecule has 3 rings (SSSR count). The van der Waals surface area contributed by atoms with E-state index in [1.807, 2.05) is 31.2 Å². The molecular weight excluding hydrogens is 274 g/mol. The number of fused-ring (bicyclic) bond motifs is 1. The first-order chi connectivity index (χ1) is 10.7. The zero-order valence-electron chi connectivity index (χ0n) is 13.1. The van der Waals surface area contributed by atoms with Gasteiger partial charge in [-0.1, -0.05) is 42.0 Å². The molecule has 0 bridgehead atoms. The number of hydrogen-bond donors (Lipinski definition) is 1. The minimum absolute atomic E-state index is 0.0469. The van der Waals surface area contributed by atoms with E-state index in [4.69, 9.17) is 4.74 Å². The zero-order valence-corrected chi connectivity index (χ0v) is 13.1. The first-order valence-electron chi connectivity index (χ1n) is 7.68. The van der Waals surface area contributed by atoms with Crippen molar-refractivity contribution in [3.05, 3.63) is 64.7 Å². The largest absolute Gasteiger partial charge is 0.496 e. The molecule has 0 fully saturated rings. The number of carbonyl (C=O) groups excluding carboxylic acids is 1. The summed E-state index contributed by atoms with van der Waals surface area (Å²) in [4.78, 5) is 12.4. The number of amides is 1. The predicted molar refractivity (Wildman–Crippen MR) is 87.1 cm³/mol. The molecule has 1 aliphatic rings. The molecule has 1 amide bonds. The van der Waals surface area contributed by atoms with Gasteiger partial charge >= 0.3 is 0 Å². The molecule has 3 nitrogen and oxygen atoms in total. The van der Waals surface area contributed by atoms with Gasteiger partial charge in [0.1, 0.15) is 5.75 Å². The monoisotopic (exact) mass is 295 g/mol. The van der Waals surface area contributed by atoms with Crippen LogP contribution < -0.4 is 10.1 Å². The van der Waals surface area contributed by atoms with E-state index >= 15 is 0 Å². The summed E-state index contributed by atoms with van der Waals surface area (Å²) < 4.78 is 5.35. The third kappa shape index (κ3) is 2.98. The average Bonchev–Trinajstić information content (AvgIpc) is 2.91. The molecule has 3 heteroatoms. The number of ether oxygens (including phenoxy) is 1. The van der Waals surface area contributed by atoms with Gasteiger partial charge in [0, 0.05) is 5.56 Å². The van der Waals surface area contributed by atoms with E-state index in [1.165, 1.54) is 11.1 Å². The van der Waals surface area contributed by atoms with Crippen LogP contribution in [0.2, 0.25) is 0 Å². The van der Waals surface area contributed by atoms with Crippen molar-refractivity contribution < 1.29 is 9.53 Å². The Hall–Kier alpha value is -2.29. The Morgan fingerprint density at radius 3 is 2.91 bits per heavy atom. The van der Waals surface area contributed by atoms with Gasteiger partial charge in [-0.15, -0.1) is 0 Å². The smallest absolute Gasteiger partial charge is 0.225 e. The summed E-state index contributed by atoms with van der Waals surface area (Å²) in [5.41, 5.74) is 4.68. The van der Waals surface area contributed by atoms with Gasteiger partial charge < -0.3 is 10.1 Å².